The molecule has 3 N–H and O–H groups in total. The van der Waals surface area contributed by atoms with Crippen LogP contribution in [0, 0.1) is 0 Å². The number of methoxy groups -OCH3 is 1. The zero-order valence-corrected chi connectivity index (χ0v) is 17.8. The van der Waals surface area contributed by atoms with Crippen LogP contribution < -0.4 is 15.8 Å². The number of fused-ring (bicyclic) bond motifs is 1. The number of carbonyl (C=O) groups excluding carboxylic acids is 1. The molecular weight excluding hydrogens is 384 g/mol. The van der Waals surface area contributed by atoms with Gasteiger partial charge in [-0.1, -0.05) is 60.7 Å². The topological polar surface area (TPSA) is 64.3 Å². The normalized spacial score (nSPS) is 11.9. The highest BCUT2D eigenvalue weighted by Gasteiger charge is 2.11. The summed E-state index contributed by atoms with van der Waals surface area (Å²) in [5.74, 6) is 0.358. The van der Waals surface area contributed by atoms with Gasteiger partial charge in [-0.2, -0.15) is 0 Å². The predicted octanol–water partition coefficient (Wildman–Crippen LogP) is 5.47. The monoisotopic (exact) mass is 410 g/mol. The predicted molar refractivity (Wildman–Crippen MR) is 126 cm³/mol. The molecule has 0 bridgehead atoms. The molecular formula is C27H26N2O2. The van der Waals surface area contributed by atoms with Gasteiger partial charge in [0.25, 0.3) is 0 Å². The summed E-state index contributed by atoms with van der Waals surface area (Å²) >= 11 is 0. The summed E-state index contributed by atoms with van der Waals surface area (Å²) in [6.45, 7) is 2.91. The van der Waals surface area contributed by atoms with Crippen molar-refractivity contribution in [2.45, 2.75) is 19.5 Å². The van der Waals surface area contributed by atoms with Gasteiger partial charge >= 0.3 is 0 Å². The fourth-order valence-corrected chi connectivity index (χ4v) is 3.91. The molecule has 4 rings (SSSR count). The minimum atomic E-state index is -0.432. The molecule has 0 aliphatic rings. The Morgan fingerprint density at radius 1 is 0.968 bits per heavy atom. The number of rotatable bonds is 7. The molecule has 1 amide bonds. The number of hydrogen-bond donors (Lipinski definition) is 2. The van der Waals surface area contributed by atoms with E-state index in [1.165, 1.54) is 16.3 Å². The number of nitrogens with two attached hydrogens (primary N) is 1. The number of ether oxygens (including phenoxy) is 1. The second-order valence-electron chi connectivity index (χ2n) is 7.65. The highest BCUT2D eigenvalue weighted by molar-refractivity contribution is 5.93. The molecule has 4 aromatic carbocycles. The van der Waals surface area contributed by atoms with Gasteiger partial charge in [-0.25, -0.2) is 0 Å². The Hall–Kier alpha value is -3.63. The first-order chi connectivity index (χ1) is 15.1. The summed E-state index contributed by atoms with van der Waals surface area (Å²) in [4.78, 5) is 11.4. The summed E-state index contributed by atoms with van der Waals surface area (Å²) in [7, 11) is 1.66. The SMILES string of the molecule is COc1ccc(CNC(C)c2cccc3ccccc23)cc1-c1ccc(C(N)=O)cc1. The van der Waals surface area contributed by atoms with Crippen LogP contribution in [-0.4, -0.2) is 13.0 Å². The summed E-state index contributed by atoms with van der Waals surface area (Å²) in [5, 5.41) is 6.17. The van der Waals surface area contributed by atoms with Crippen LogP contribution in [0.1, 0.15) is 34.5 Å². The van der Waals surface area contributed by atoms with Gasteiger partial charge in [-0.05, 0) is 58.7 Å². The van der Waals surface area contributed by atoms with E-state index in [1.807, 2.05) is 18.2 Å². The third kappa shape index (κ3) is 4.44. The van der Waals surface area contributed by atoms with E-state index in [0.29, 0.717) is 5.56 Å². The smallest absolute Gasteiger partial charge is 0.248 e. The molecule has 31 heavy (non-hydrogen) atoms. The third-order valence-corrected chi connectivity index (χ3v) is 5.65. The van der Waals surface area contributed by atoms with Crippen LogP contribution in [0.25, 0.3) is 21.9 Å². The Morgan fingerprint density at radius 3 is 2.45 bits per heavy atom. The van der Waals surface area contributed by atoms with Crippen LogP contribution in [0.15, 0.2) is 84.9 Å². The van der Waals surface area contributed by atoms with Crippen molar-refractivity contribution in [1.29, 1.82) is 0 Å². The van der Waals surface area contributed by atoms with Crippen LogP contribution in [0.5, 0.6) is 5.75 Å². The Morgan fingerprint density at radius 2 is 1.71 bits per heavy atom. The van der Waals surface area contributed by atoms with Gasteiger partial charge in [-0.15, -0.1) is 0 Å². The van der Waals surface area contributed by atoms with Crippen molar-refractivity contribution in [2.24, 2.45) is 5.73 Å². The molecule has 4 heteroatoms. The molecule has 0 aliphatic heterocycles. The van der Waals surface area contributed by atoms with Gasteiger partial charge in [0.05, 0.1) is 7.11 Å². The molecule has 0 saturated heterocycles. The number of benzene rings is 4. The summed E-state index contributed by atoms with van der Waals surface area (Å²) in [6, 6.07) is 28.6. The molecule has 0 aromatic heterocycles. The van der Waals surface area contributed by atoms with Crippen molar-refractivity contribution in [2.75, 3.05) is 7.11 Å². The molecule has 156 valence electrons. The van der Waals surface area contributed by atoms with E-state index < -0.39 is 5.91 Å². The first-order valence-corrected chi connectivity index (χ1v) is 10.3. The van der Waals surface area contributed by atoms with E-state index in [1.54, 1.807) is 19.2 Å². The zero-order chi connectivity index (χ0) is 21.8. The van der Waals surface area contributed by atoms with Crippen LogP contribution >= 0.6 is 0 Å². The van der Waals surface area contributed by atoms with Gasteiger partial charge in [0.2, 0.25) is 5.91 Å². The third-order valence-electron chi connectivity index (χ3n) is 5.65. The standard InChI is InChI=1S/C27H26N2O2/c1-18(23-9-5-7-20-6-3-4-8-24(20)23)29-17-19-10-15-26(31-2)25(16-19)21-11-13-22(14-12-21)27(28)30/h3-16,18,29H,17H2,1-2H3,(H2,28,30). The molecule has 0 spiro atoms. The Balaban J connectivity index is 1.56. The van der Waals surface area contributed by atoms with Crippen LogP contribution in [0.4, 0.5) is 0 Å². The molecule has 0 saturated carbocycles. The van der Waals surface area contributed by atoms with Crippen molar-refractivity contribution in [3.8, 4) is 16.9 Å². The van der Waals surface area contributed by atoms with Crippen LogP contribution in [0.2, 0.25) is 0 Å². The van der Waals surface area contributed by atoms with E-state index >= 15 is 0 Å². The molecule has 0 aliphatic carbocycles. The Kier molecular flexibility index (Phi) is 6.01. The minimum Gasteiger partial charge on any atom is -0.496 e. The maximum Gasteiger partial charge on any atom is 0.248 e. The van der Waals surface area contributed by atoms with Gasteiger partial charge in [0.1, 0.15) is 5.75 Å². The Bertz CT molecular complexity index is 1210. The highest BCUT2D eigenvalue weighted by Crippen LogP contribution is 2.31. The van der Waals surface area contributed by atoms with Crippen molar-refractivity contribution >= 4 is 16.7 Å². The van der Waals surface area contributed by atoms with Gasteiger partial charge in [0, 0.05) is 23.7 Å². The highest BCUT2D eigenvalue weighted by atomic mass is 16.5. The van der Waals surface area contributed by atoms with Crippen molar-refractivity contribution in [3.63, 3.8) is 0 Å². The number of nitrogens with one attached hydrogen (secondary N) is 1. The molecule has 0 heterocycles. The number of carbonyl (C=O) groups is 1. The maximum atomic E-state index is 11.4. The lowest BCUT2D eigenvalue weighted by molar-refractivity contribution is 0.100. The lowest BCUT2D eigenvalue weighted by Gasteiger charge is -2.18. The molecule has 0 fully saturated rings. The second-order valence-corrected chi connectivity index (χ2v) is 7.65. The summed E-state index contributed by atoms with van der Waals surface area (Å²) < 4.78 is 5.56. The van der Waals surface area contributed by atoms with E-state index in [9.17, 15) is 4.79 Å². The molecule has 0 radical (unpaired) electrons. The van der Waals surface area contributed by atoms with Crippen LogP contribution in [0.3, 0.4) is 0 Å². The van der Waals surface area contributed by atoms with Gasteiger partial charge in [0.15, 0.2) is 0 Å². The fourth-order valence-electron chi connectivity index (χ4n) is 3.91. The molecule has 4 aromatic rings. The lowest BCUT2D eigenvalue weighted by Crippen LogP contribution is -2.18. The quantitative estimate of drug-likeness (QED) is 0.425. The number of hydrogen-bond acceptors (Lipinski definition) is 3. The second kappa shape index (κ2) is 9.02. The van der Waals surface area contributed by atoms with E-state index in [2.05, 4.69) is 66.8 Å². The van der Waals surface area contributed by atoms with Crippen molar-refractivity contribution in [3.05, 3.63) is 102 Å². The average molecular weight is 411 g/mol. The van der Waals surface area contributed by atoms with Gasteiger partial charge in [-0.3, -0.25) is 4.79 Å². The van der Waals surface area contributed by atoms with Crippen LogP contribution in [-0.2, 0) is 6.54 Å². The average Bonchev–Trinajstić information content (AvgIpc) is 2.82. The fraction of sp³-hybridized carbons (Fsp3) is 0.148. The molecule has 1 atom stereocenters. The molecule has 4 nitrogen and oxygen atoms in total. The first-order valence-electron chi connectivity index (χ1n) is 10.3. The van der Waals surface area contributed by atoms with Gasteiger partial charge < -0.3 is 15.8 Å². The largest absolute Gasteiger partial charge is 0.496 e. The first kappa shape index (κ1) is 20.6. The number of amides is 1. The number of primary amides is 1. The minimum absolute atomic E-state index is 0.200. The summed E-state index contributed by atoms with van der Waals surface area (Å²) in [6.07, 6.45) is 0. The van der Waals surface area contributed by atoms with Crippen molar-refractivity contribution in [1.82, 2.24) is 5.32 Å². The maximum absolute atomic E-state index is 11.4. The summed E-state index contributed by atoms with van der Waals surface area (Å²) in [5.41, 5.74) is 10.3. The van der Waals surface area contributed by atoms with E-state index in [-0.39, 0.29) is 6.04 Å². The zero-order valence-electron chi connectivity index (χ0n) is 17.8. The molecule has 1 unspecified atom stereocenters. The van der Waals surface area contributed by atoms with E-state index in [0.717, 1.165) is 29.0 Å². The van der Waals surface area contributed by atoms with E-state index in [4.69, 9.17) is 10.5 Å². The lowest BCUT2D eigenvalue weighted by atomic mass is 9.98. The Labute approximate surface area is 182 Å². The van der Waals surface area contributed by atoms with Crippen molar-refractivity contribution < 1.29 is 9.53 Å².